The summed E-state index contributed by atoms with van der Waals surface area (Å²) in [6.45, 7) is 2.89. The molecule has 1 heterocycles. The van der Waals surface area contributed by atoms with E-state index in [0.717, 1.165) is 37.6 Å². The molecular weight excluding hydrogens is 506 g/mol. The van der Waals surface area contributed by atoms with E-state index in [0.29, 0.717) is 29.4 Å². The number of nitro benzene ring substituents is 1. The van der Waals surface area contributed by atoms with E-state index < -0.39 is 16.8 Å². The van der Waals surface area contributed by atoms with E-state index in [4.69, 9.17) is 9.47 Å². The van der Waals surface area contributed by atoms with Gasteiger partial charge in [-0.2, -0.15) is 0 Å². The van der Waals surface area contributed by atoms with Crippen molar-refractivity contribution in [2.75, 3.05) is 18.4 Å². The molecule has 3 aromatic rings. The van der Waals surface area contributed by atoms with Gasteiger partial charge in [-0.25, -0.2) is 4.79 Å². The van der Waals surface area contributed by atoms with E-state index in [-0.39, 0.29) is 35.4 Å². The maximum atomic E-state index is 12.5. The number of hydrogen-bond acceptors (Lipinski definition) is 7. The van der Waals surface area contributed by atoms with E-state index in [1.54, 1.807) is 60.4 Å². The molecule has 2 N–H and O–H groups in total. The number of carboxylic acid groups (broad SMARTS) is 1. The molecule has 1 saturated heterocycles. The van der Waals surface area contributed by atoms with Gasteiger partial charge in [-0.05, 0) is 60.9 Å². The molecule has 0 spiro atoms. The number of carbonyl (C=O) groups excluding carboxylic acids is 2. The highest BCUT2D eigenvalue weighted by molar-refractivity contribution is 6.01. The van der Waals surface area contributed by atoms with Crippen LogP contribution in [0.2, 0.25) is 0 Å². The average molecular weight is 534 g/mol. The topological polar surface area (TPSA) is 148 Å². The molecule has 202 valence electrons. The molecule has 1 aliphatic heterocycles. The Morgan fingerprint density at radius 3 is 2.28 bits per heavy atom. The maximum absolute atomic E-state index is 12.5. The number of non-ortho nitro benzene ring substituents is 1. The van der Waals surface area contributed by atoms with Crippen LogP contribution in [0.3, 0.4) is 0 Å². The minimum Gasteiger partial charge on any atom is -0.489 e. The van der Waals surface area contributed by atoms with Crippen molar-refractivity contribution in [3.05, 3.63) is 88.0 Å². The predicted octanol–water partition coefficient (Wildman–Crippen LogP) is 4.66. The molecule has 0 aromatic heterocycles. The number of likely N-dealkylation sites (tertiary alicyclic amines) is 1. The van der Waals surface area contributed by atoms with Crippen LogP contribution < -0.4 is 14.8 Å². The molecule has 0 saturated carbocycles. The molecule has 11 nitrogen and oxygen atoms in total. The molecule has 0 bridgehead atoms. The first-order valence-electron chi connectivity index (χ1n) is 12.3. The lowest BCUT2D eigenvalue weighted by Gasteiger charge is -2.32. The second kappa shape index (κ2) is 12.1. The summed E-state index contributed by atoms with van der Waals surface area (Å²) in [5.74, 6) is 0.0433. The first-order valence-corrected chi connectivity index (χ1v) is 12.3. The van der Waals surface area contributed by atoms with Crippen LogP contribution in [0.25, 0.3) is 0 Å². The second-order valence-electron chi connectivity index (χ2n) is 9.08. The molecule has 4 rings (SSSR count). The quantitative estimate of drug-likeness (QED) is 0.298. The van der Waals surface area contributed by atoms with Crippen LogP contribution in [0.5, 0.6) is 17.2 Å². The molecule has 0 radical (unpaired) electrons. The van der Waals surface area contributed by atoms with Gasteiger partial charge in [0.25, 0.3) is 5.69 Å². The number of carboxylic acids is 1. The van der Waals surface area contributed by atoms with Crippen LogP contribution in [0.4, 0.5) is 11.4 Å². The van der Waals surface area contributed by atoms with Gasteiger partial charge in [-0.15, -0.1) is 0 Å². The van der Waals surface area contributed by atoms with Gasteiger partial charge in [-0.1, -0.05) is 12.1 Å². The number of benzene rings is 3. The molecule has 11 heteroatoms. The van der Waals surface area contributed by atoms with E-state index in [2.05, 4.69) is 5.32 Å². The zero-order valence-corrected chi connectivity index (χ0v) is 21.2. The fraction of sp³-hybridized carbons (Fsp3) is 0.250. The standard InChI is InChI=1S/C28H27N3O8/c1-18(32)30-14-2-3-24(17-30)39-23-11-9-22(10-12-23)38-21-7-4-19(5-8-21)15-27(33)29-26-16-20(31(36)37)6-13-25(26)28(34)35/h4-13,16,24H,2-3,14-15,17H2,1H3,(H,29,33)(H,34,35). The summed E-state index contributed by atoms with van der Waals surface area (Å²) < 4.78 is 11.9. The van der Waals surface area contributed by atoms with Gasteiger partial charge >= 0.3 is 5.97 Å². The number of anilines is 1. The Labute approximate surface area is 224 Å². The zero-order valence-electron chi connectivity index (χ0n) is 21.2. The fourth-order valence-electron chi connectivity index (χ4n) is 4.23. The van der Waals surface area contributed by atoms with E-state index in [1.165, 1.54) is 0 Å². The van der Waals surface area contributed by atoms with Crippen molar-refractivity contribution in [3.8, 4) is 17.2 Å². The third-order valence-corrected chi connectivity index (χ3v) is 6.19. The Kier molecular flexibility index (Phi) is 8.40. The Morgan fingerprint density at radius 1 is 1.03 bits per heavy atom. The van der Waals surface area contributed by atoms with Gasteiger partial charge in [0.15, 0.2) is 0 Å². The minimum atomic E-state index is -1.31. The highest BCUT2D eigenvalue weighted by Gasteiger charge is 2.23. The SMILES string of the molecule is CC(=O)N1CCCC(Oc2ccc(Oc3ccc(CC(=O)Nc4cc([N+](=O)[O-])ccc4C(=O)O)cc3)cc2)C1. The molecule has 1 atom stereocenters. The third kappa shape index (κ3) is 7.31. The highest BCUT2D eigenvalue weighted by atomic mass is 16.6. The van der Waals surface area contributed by atoms with Crippen LogP contribution in [0, 0.1) is 10.1 Å². The Morgan fingerprint density at radius 2 is 1.67 bits per heavy atom. The van der Waals surface area contributed by atoms with Crippen LogP contribution in [0.15, 0.2) is 66.7 Å². The summed E-state index contributed by atoms with van der Waals surface area (Å²) in [6, 6.07) is 17.1. The van der Waals surface area contributed by atoms with Gasteiger partial charge in [0, 0.05) is 25.6 Å². The Balaban J connectivity index is 1.32. The minimum absolute atomic E-state index is 0.0492. The number of rotatable bonds is 9. The number of amides is 2. The van der Waals surface area contributed by atoms with Crippen LogP contribution in [0.1, 0.15) is 35.7 Å². The van der Waals surface area contributed by atoms with Crippen molar-refractivity contribution < 1.29 is 33.9 Å². The van der Waals surface area contributed by atoms with Gasteiger partial charge < -0.3 is 24.8 Å². The molecule has 0 aliphatic carbocycles. The van der Waals surface area contributed by atoms with E-state index in [9.17, 15) is 29.6 Å². The van der Waals surface area contributed by atoms with Gasteiger partial charge in [0.05, 0.1) is 29.1 Å². The first kappa shape index (κ1) is 27.1. The fourth-order valence-corrected chi connectivity index (χ4v) is 4.23. The summed E-state index contributed by atoms with van der Waals surface area (Å²) >= 11 is 0. The van der Waals surface area contributed by atoms with Gasteiger partial charge in [-0.3, -0.25) is 19.7 Å². The Bertz CT molecular complexity index is 1370. The number of ether oxygens (including phenoxy) is 2. The smallest absolute Gasteiger partial charge is 0.337 e. The summed E-state index contributed by atoms with van der Waals surface area (Å²) in [4.78, 5) is 47.7. The number of hydrogen-bond donors (Lipinski definition) is 2. The van der Waals surface area contributed by atoms with E-state index >= 15 is 0 Å². The third-order valence-electron chi connectivity index (χ3n) is 6.19. The van der Waals surface area contributed by atoms with Crippen LogP contribution in [-0.2, 0) is 16.0 Å². The summed E-state index contributed by atoms with van der Waals surface area (Å²) in [5, 5.41) is 22.8. The summed E-state index contributed by atoms with van der Waals surface area (Å²) in [7, 11) is 0. The van der Waals surface area contributed by atoms with Crippen molar-refractivity contribution in [3.63, 3.8) is 0 Å². The summed E-state index contributed by atoms with van der Waals surface area (Å²) in [5.41, 5.74) is -0.0809. The zero-order chi connectivity index (χ0) is 27.9. The van der Waals surface area contributed by atoms with Gasteiger partial charge in [0.2, 0.25) is 11.8 Å². The Hall–Kier alpha value is -4.93. The lowest BCUT2D eigenvalue weighted by molar-refractivity contribution is -0.384. The first-order chi connectivity index (χ1) is 18.7. The largest absolute Gasteiger partial charge is 0.489 e. The lowest BCUT2D eigenvalue weighted by Crippen LogP contribution is -2.43. The van der Waals surface area contributed by atoms with Crippen LogP contribution in [-0.4, -0.2) is 51.9 Å². The summed E-state index contributed by atoms with van der Waals surface area (Å²) in [6.07, 6.45) is 1.67. The maximum Gasteiger partial charge on any atom is 0.337 e. The lowest BCUT2D eigenvalue weighted by atomic mass is 10.1. The van der Waals surface area contributed by atoms with Crippen LogP contribution >= 0.6 is 0 Å². The van der Waals surface area contributed by atoms with Crippen molar-refractivity contribution in [2.24, 2.45) is 0 Å². The number of aromatic carboxylic acids is 1. The molecule has 1 fully saturated rings. The van der Waals surface area contributed by atoms with Gasteiger partial charge in [0.1, 0.15) is 23.4 Å². The molecular formula is C28H27N3O8. The number of nitrogens with zero attached hydrogens (tertiary/aromatic N) is 2. The van der Waals surface area contributed by atoms with Crippen molar-refractivity contribution in [1.82, 2.24) is 4.90 Å². The molecule has 39 heavy (non-hydrogen) atoms. The monoisotopic (exact) mass is 533 g/mol. The predicted molar refractivity (Wildman–Crippen MR) is 141 cm³/mol. The average Bonchev–Trinajstić information content (AvgIpc) is 2.91. The highest BCUT2D eigenvalue weighted by Crippen LogP contribution is 2.27. The normalized spacial score (nSPS) is 14.8. The number of nitrogens with one attached hydrogen (secondary N) is 1. The van der Waals surface area contributed by atoms with Crippen molar-refractivity contribution in [2.45, 2.75) is 32.3 Å². The number of nitro groups is 1. The number of carbonyl (C=O) groups is 3. The molecule has 3 aromatic carbocycles. The second-order valence-corrected chi connectivity index (χ2v) is 9.08. The van der Waals surface area contributed by atoms with E-state index in [1.807, 2.05) is 0 Å². The van der Waals surface area contributed by atoms with Crippen molar-refractivity contribution >= 4 is 29.2 Å². The van der Waals surface area contributed by atoms with Crippen molar-refractivity contribution in [1.29, 1.82) is 0 Å². The molecule has 2 amide bonds. The number of piperidine rings is 1. The molecule has 1 aliphatic rings. The molecule has 1 unspecified atom stereocenters.